The van der Waals surface area contributed by atoms with Crippen molar-refractivity contribution in [2.45, 2.75) is 12.3 Å². The molecule has 0 aliphatic rings. The van der Waals surface area contributed by atoms with Gasteiger partial charge in [0.15, 0.2) is 0 Å². The van der Waals surface area contributed by atoms with Crippen LogP contribution in [0.1, 0.15) is 17.9 Å². The van der Waals surface area contributed by atoms with Crippen molar-refractivity contribution in [3.63, 3.8) is 0 Å². The first-order valence-corrected chi connectivity index (χ1v) is 5.96. The maximum Gasteiger partial charge on any atom is 0.304 e. The number of aromatic nitrogens is 1. The van der Waals surface area contributed by atoms with E-state index >= 15 is 0 Å². The lowest BCUT2D eigenvalue weighted by Gasteiger charge is -2.15. The average molecular weight is 265 g/mol. The molecule has 0 fully saturated rings. The van der Waals surface area contributed by atoms with Crippen LogP contribution >= 0.6 is 11.6 Å². The lowest BCUT2D eigenvalue weighted by atomic mass is 9.93. The van der Waals surface area contributed by atoms with Gasteiger partial charge in [-0.25, -0.2) is 0 Å². The second-order valence-corrected chi connectivity index (χ2v) is 4.47. The van der Waals surface area contributed by atoms with Crippen molar-refractivity contribution in [2.75, 3.05) is 6.54 Å². The average Bonchev–Trinajstić information content (AvgIpc) is 2.37. The van der Waals surface area contributed by atoms with E-state index in [9.17, 15) is 4.79 Å². The smallest absolute Gasteiger partial charge is 0.304 e. The van der Waals surface area contributed by atoms with Crippen LogP contribution in [0.25, 0.3) is 10.9 Å². The topological polar surface area (TPSA) is 76.2 Å². The Morgan fingerprint density at radius 2 is 2.22 bits per heavy atom. The van der Waals surface area contributed by atoms with E-state index in [2.05, 4.69) is 4.98 Å². The van der Waals surface area contributed by atoms with Gasteiger partial charge >= 0.3 is 5.97 Å². The fraction of sp³-hybridized carbons (Fsp3) is 0.231. The Morgan fingerprint density at radius 3 is 2.89 bits per heavy atom. The third-order valence-electron chi connectivity index (χ3n) is 2.89. The lowest BCUT2D eigenvalue weighted by Crippen LogP contribution is -2.16. The largest absolute Gasteiger partial charge is 0.481 e. The molecule has 0 radical (unpaired) electrons. The van der Waals surface area contributed by atoms with Gasteiger partial charge in [-0.2, -0.15) is 0 Å². The quantitative estimate of drug-likeness (QED) is 0.889. The first-order chi connectivity index (χ1) is 8.63. The number of halogens is 1. The van der Waals surface area contributed by atoms with Crippen LogP contribution in [0.4, 0.5) is 0 Å². The maximum absolute atomic E-state index is 10.8. The first-order valence-electron chi connectivity index (χ1n) is 5.58. The van der Waals surface area contributed by atoms with Crippen molar-refractivity contribution in [1.29, 1.82) is 0 Å². The number of rotatable bonds is 4. The van der Waals surface area contributed by atoms with E-state index in [-0.39, 0.29) is 18.9 Å². The van der Waals surface area contributed by atoms with Crippen LogP contribution in [0.3, 0.4) is 0 Å². The van der Waals surface area contributed by atoms with E-state index in [4.69, 9.17) is 22.4 Å². The normalized spacial score (nSPS) is 12.6. The predicted octanol–water partition coefficient (Wildman–Crippen LogP) is 2.41. The van der Waals surface area contributed by atoms with Gasteiger partial charge in [-0.15, -0.1) is 0 Å². The molecule has 0 spiro atoms. The van der Waals surface area contributed by atoms with Crippen molar-refractivity contribution in [3.05, 3.63) is 41.0 Å². The highest BCUT2D eigenvalue weighted by atomic mass is 35.5. The molecule has 2 rings (SSSR count). The molecule has 2 aromatic rings. The van der Waals surface area contributed by atoms with Crippen LogP contribution in [0.5, 0.6) is 0 Å². The van der Waals surface area contributed by atoms with Crippen molar-refractivity contribution in [2.24, 2.45) is 5.73 Å². The molecule has 1 unspecified atom stereocenters. The van der Waals surface area contributed by atoms with E-state index in [0.29, 0.717) is 5.02 Å². The molecule has 0 saturated heterocycles. The highest BCUT2D eigenvalue weighted by Gasteiger charge is 2.17. The Hall–Kier alpha value is -1.65. The minimum atomic E-state index is -0.871. The van der Waals surface area contributed by atoms with Gasteiger partial charge in [0.2, 0.25) is 0 Å². The van der Waals surface area contributed by atoms with Crippen molar-refractivity contribution < 1.29 is 9.90 Å². The van der Waals surface area contributed by atoms with Gasteiger partial charge in [-0.1, -0.05) is 17.7 Å². The molecular formula is C13H13ClN2O2. The van der Waals surface area contributed by atoms with E-state index in [0.717, 1.165) is 16.5 Å². The van der Waals surface area contributed by atoms with Gasteiger partial charge in [0, 0.05) is 22.5 Å². The minimum Gasteiger partial charge on any atom is -0.481 e. The summed E-state index contributed by atoms with van der Waals surface area (Å²) >= 11 is 6.10. The maximum atomic E-state index is 10.8. The number of nitrogens with zero attached hydrogens (tertiary/aromatic N) is 1. The first kappa shape index (κ1) is 12.8. The molecule has 18 heavy (non-hydrogen) atoms. The summed E-state index contributed by atoms with van der Waals surface area (Å²) in [6.45, 7) is 0.263. The van der Waals surface area contributed by atoms with Gasteiger partial charge in [0.25, 0.3) is 0 Å². The molecule has 0 aliphatic heterocycles. The van der Waals surface area contributed by atoms with Crippen LogP contribution in [0.2, 0.25) is 5.02 Å². The van der Waals surface area contributed by atoms with Crippen molar-refractivity contribution in [1.82, 2.24) is 4.98 Å². The summed E-state index contributed by atoms with van der Waals surface area (Å²) in [7, 11) is 0. The highest BCUT2D eigenvalue weighted by molar-refractivity contribution is 6.35. The molecule has 0 saturated carbocycles. The number of carboxylic acids is 1. The Balaban J connectivity index is 2.56. The number of benzene rings is 1. The van der Waals surface area contributed by atoms with Crippen molar-refractivity contribution >= 4 is 28.5 Å². The molecular weight excluding hydrogens is 252 g/mol. The Kier molecular flexibility index (Phi) is 3.79. The molecule has 0 aliphatic carbocycles. The van der Waals surface area contributed by atoms with Crippen LogP contribution in [-0.4, -0.2) is 22.6 Å². The zero-order valence-corrected chi connectivity index (χ0v) is 10.4. The molecule has 5 heteroatoms. The van der Waals surface area contributed by atoms with Crippen LogP contribution in [0, 0.1) is 0 Å². The van der Waals surface area contributed by atoms with E-state index in [1.165, 1.54) is 0 Å². The second kappa shape index (κ2) is 5.33. The number of hydrogen-bond donors (Lipinski definition) is 2. The molecule has 4 nitrogen and oxygen atoms in total. The Labute approximate surface area is 109 Å². The Morgan fingerprint density at radius 1 is 1.44 bits per heavy atom. The molecule has 1 heterocycles. The van der Waals surface area contributed by atoms with Gasteiger partial charge in [-0.3, -0.25) is 9.78 Å². The molecule has 3 N–H and O–H groups in total. The fourth-order valence-electron chi connectivity index (χ4n) is 2.02. The summed E-state index contributed by atoms with van der Waals surface area (Å²) in [5.41, 5.74) is 7.22. The number of fused-ring (bicyclic) bond motifs is 1. The van der Waals surface area contributed by atoms with Gasteiger partial charge < -0.3 is 10.8 Å². The molecule has 0 amide bonds. The molecule has 1 atom stereocenters. The highest BCUT2D eigenvalue weighted by Crippen LogP contribution is 2.30. The van der Waals surface area contributed by atoms with Crippen molar-refractivity contribution in [3.8, 4) is 0 Å². The van der Waals surface area contributed by atoms with Crippen LogP contribution in [-0.2, 0) is 4.79 Å². The van der Waals surface area contributed by atoms with Crippen LogP contribution in [0.15, 0.2) is 30.5 Å². The van der Waals surface area contributed by atoms with Gasteiger partial charge in [0.05, 0.1) is 11.9 Å². The summed E-state index contributed by atoms with van der Waals surface area (Å²) in [6.07, 6.45) is 1.65. The third kappa shape index (κ3) is 2.44. The zero-order valence-electron chi connectivity index (χ0n) is 9.64. The number of aliphatic carboxylic acids is 1. The van der Waals surface area contributed by atoms with E-state index < -0.39 is 5.97 Å². The number of carboxylic acid groups (broad SMARTS) is 1. The number of nitrogens with two attached hydrogens (primary N) is 1. The summed E-state index contributed by atoms with van der Waals surface area (Å²) in [5, 5.41) is 10.3. The van der Waals surface area contributed by atoms with E-state index in [1.54, 1.807) is 24.4 Å². The minimum absolute atomic E-state index is 0.0101. The zero-order chi connectivity index (χ0) is 13.1. The SMILES string of the molecule is NCC(CC(=O)O)c1ccc(Cl)c2cccnc12. The summed E-state index contributed by atoms with van der Waals surface area (Å²) < 4.78 is 0. The predicted molar refractivity (Wildman–Crippen MR) is 70.8 cm³/mol. The van der Waals surface area contributed by atoms with Crippen LogP contribution < -0.4 is 5.73 Å². The second-order valence-electron chi connectivity index (χ2n) is 4.07. The molecule has 1 aromatic carbocycles. The summed E-state index contributed by atoms with van der Waals surface area (Å²) in [4.78, 5) is 15.1. The third-order valence-corrected chi connectivity index (χ3v) is 3.22. The monoisotopic (exact) mass is 264 g/mol. The molecule has 1 aromatic heterocycles. The molecule has 94 valence electrons. The summed E-state index contributed by atoms with van der Waals surface area (Å²) in [6, 6.07) is 7.22. The lowest BCUT2D eigenvalue weighted by molar-refractivity contribution is -0.137. The fourth-order valence-corrected chi connectivity index (χ4v) is 2.24. The number of carbonyl (C=O) groups is 1. The van der Waals surface area contributed by atoms with Gasteiger partial charge in [-0.05, 0) is 30.3 Å². The van der Waals surface area contributed by atoms with Gasteiger partial charge in [0.1, 0.15) is 0 Å². The Bertz CT molecular complexity index is 586. The number of hydrogen-bond acceptors (Lipinski definition) is 3. The molecule has 0 bridgehead atoms. The standard InChI is InChI=1S/C13H13ClN2O2/c14-11-4-3-9(8(7-15)6-12(17)18)13-10(11)2-1-5-16-13/h1-5,8H,6-7,15H2,(H,17,18). The summed E-state index contributed by atoms with van der Waals surface area (Å²) in [5.74, 6) is -1.12. The number of pyridine rings is 1. The van der Waals surface area contributed by atoms with E-state index in [1.807, 2.05) is 6.07 Å².